The molecule has 1 aliphatic carbocycles. The molecule has 0 amide bonds. The topological polar surface area (TPSA) is 90.2 Å². The molecule has 0 spiro atoms. The first-order valence-electron chi connectivity index (χ1n) is 12.3. The molecule has 1 fully saturated rings. The third-order valence-corrected chi connectivity index (χ3v) is 7.91. The number of allylic oxidation sites excluding steroid dienone is 1. The average Bonchev–Trinajstić information content (AvgIpc) is 2.72. The number of phenolic OH excluding ortho intramolecular Hbond substituents is 1. The van der Waals surface area contributed by atoms with E-state index in [-0.39, 0.29) is 34.5 Å². The maximum absolute atomic E-state index is 11.4. The van der Waals surface area contributed by atoms with Gasteiger partial charge in [-0.1, -0.05) is 26.8 Å². The van der Waals surface area contributed by atoms with Crippen LogP contribution < -0.4 is 4.74 Å². The highest BCUT2D eigenvalue weighted by Gasteiger charge is 2.47. The Hall–Kier alpha value is -2.05. The molecule has 3 N–H and O–H groups in total. The number of piperidine rings is 1. The Balaban J connectivity index is 1.57. The van der Waals surface area contributed by atoms with Crippen molar-refractivity contribution < 1.29 is 24.9 Å². The van der Waals surface area contributed by atoms with Gasteiger partial charge in [0.25, 0.3) is 0 Å². The predicted molar refractivity (Wildman–Crippen MR) is 128 cm³/mol. The first-order valence-corrected chi connectivity index (χ1v) is 12.3. The van der Waals surface area contributed by atoms with E-state index in [9.17, 15) is 20.1 Å². The van der Waals surface area contributed by atoms with Crippen LogP contribution in [0.4, 0.5) is 0 Å². The summed E-state index contributed by atoms with van der Waals surface area (Å²) < 4.78 is 6.44. The molecule has 33 heavy (non-hydrogen) atoms. The Labute approximate surface area is 197 Å². The number of aliphatic hydroxyl groups excluding tert-OH is 1. The zero-order chi connectivity index (χ0) is 24.1. The average molecular weight is 458 g/mol. The van der Waals surface area contributed by atoms with Crippen LogP contribution in [0, 0.1) is 11.8 Å². The molecule has 1 saturated heterocycles. The van der Waals surface area contributed by atoms with Crippen molar-refractivity contribution in [3.63, 3.8) is 0 Å². The van der Waals surface area contributed by atoms with E-state index in [2.05, 4.69) is 51.7 Å². The van der Waals surface area contributed by atoms with E-state index >= 15 is 0 Å². The van der Waals surface area contributed by atoms with Gasteiger partial charge in [-0.3, -0.25) is 9.69 Å². The number of carbonyl (C=O) groups is 1. The van der Waals surface area contributed by atoms with E-state index in [1.807, 2.05) is 6.07 Å². The number of β-amino-alcohol motifs (C(OH)–C–C–N with tert-alkyl or cyclic N) is 1. The van der Waals surface area contributed by atoms with Gasteiger partial charge in [-0.15, -0.1) is 0 Å². The second kappa shape index (κ2) is 8.62. The quantitative estimate of drug-likeness (QED) is 0.579. The molecule has 2 heterocycles. The molecule has 0 bridgehead atoms. The third-order valence-electron chi connectivity index (χ3n) is 7.91. The number of carboxylic acids is 1. The lowest BCUT2D eigenvalue weighted by Crippen LogP contribution is -2.47. The van der Waals surface area contributed by atoms with Crippen LogP contribution in [0.25, 0.3) is 0 Å². The molecule has 6 heteroatoms. The molecular formula is C27H39NO5. The number of aliphatic hydroxyl groups is 1. The van der Waals surface area contributed by atoms with Gasteiger partial charge in [0.15, 0.2) is 0 Å². The Morgan fingerprint density at radius 1 is 1.30 bits per heavy atom. The van der Waals surface area contributed by atoms with E-state index in [0.29, 0.717) is 25.9 Å². The minimum atomic E-state index is -0.750. The molecule has 6 nitrogen and oxygen atoms in total. The first kappa shape index (κ1) is 24.1. The van der Waals surface area contributed by atoms with Crippen molar-refractivity contribution in [2.24, 2.45) is 11.8 Å². The molecule has 182 valence electrons. The van der Waals surface area contributed by atoms with Crippen LogP contribution in [0.2, 0.25) is 0 Å². The van der Waals surface area contributed by atoms with Crippen molar-refractivity contribution in [2.75, 3.05) is 19.6 Å². The van der Waals surface area contributed by atoms with E-state index in [1.54, 1.807) is 0 Å². The van der Waals surface area contributed by atoms with Crippen LogP contribution in [0.15, 0.2) is 23.8 Å². The molecule has 3 aliphatic rings. The number of fused-ring (bicyclic) bond motifs is 3. The van der Waals surface area contributed by atoms with Crippen LogP contribution >= 0.6 is 0 Å². The SMILES string of the molecule is CC(C)(C)c1cc(O)c2c(c1)OC(C)(C)[C@@H]1CC=C(C(O)CN3CCC[C@@H](C(=O)O)C3)C[C@@H]21. The molecule has 2 aliphatic heterocycles. The largest absolute Gasteiger partial charge is 0.508 e. The fourth-order valence-corrected chi connectivity index (χ4v) is 5.91. The van der Waals surface area contributed by atoms with Crippen molar-refractivity contribution in [2.45, 2.75) is 83.3 Å². The van der Waals surface area contributed by atoms with Gasteiger partial charge in [0.05, 0.1) is 12.0 Å². The number of aliphatic carboxylic acids is 1. The van der Waals surface area contributed by atoms with Crippen LogP contribution in [0.1, 0.15) is 77.3 Å². The van der Waals surface area contributed by atoms with Gasteiger partial charge >= 0.3 is 5.97 Å². The number of carboxylic acid groups (broad SMARTS) is 1. The highest BCUT2D eigenvalue weighted by atomic mass is 16.5. The van der Waals surface area contributed by atoms with Gasteiger partial charge in [0.2, 0.25) is 0 Å². The number of aromatic hydroxyl groups is 1. The monoisotopic (exact) mass is 457 g/mol. The first-order chi connectivity index (χ1) is 15.4. The lowest BCUT2D eigenvalue weighted by Gasteiger charge is -2.48. The van der Waals surface area contributed by atoms with Crippen molar-refractivity contribution in [3.05, 3.63) is 34.9 Å². The summed E-state index contributed by atoms with van der Waals surface area (Å²) >= 11 is 0. The number of hydrogen-bond acceptors (Lipinski definition) is 5. The fourth-order valence-electron chi connectivity index (χ4n) is 5.91. The van der Waals surface area contributed by atoms with E-state index in [4.69, 9.17) is 4.74 Å². The fraction of sp³-hybridized carbons (Fsp3) is 0.667. The van der Waals surface area contributed by atoms with E-state index in [1.165, 1.54) is 0 Å². The zero-order valence-corrected chi connectivity index (χ0v) is 20.6. The van der Waals surface area contributed by atoms with Crippen molar-refractivity contribution in [1.82, 2.24) is 4.90 Å². The standard InChI is InChI=1S/C27H39NO5/c1-26(2,3)18-12-21(29)24-19-11-16(8-9-20(19)27(4,5)33-23(24)13-18)22(30)15-28-10-6-7-17(14-28)25(31)32/h8,12-13,17,19-20,22,29-30H,6-7,9-11,14-15H2,1-5H3,(H,31,32)/t17-,19-,20-,22?/m1/s1. The van der Waals surface area contributed by atoms with Gasteiger partial charge in [-0.05, 0) is 74.8 Å². The van der Waals surface area contributed by atoms with E-state index in [0.717, 1.165) is 41.8 Å². The summed E-state index contributed by atoms with van der Waals surface area (Å²) in [5, 5.41) is 31.5. The molecule has 4 rings (SSSR count). The second-order valence-corrected chi connectivity index (χ2v) is 11.7. The maximum atomic E-state index is 11.4. The van der Waals surface area contributed by atoms with Crippen molar-refractivity contribution in [1.29, 1.82) is 0 Å². The normalized spacial score (nSPS) is 28.2. The summed E-state index contributed by atoms with van der Waals surface area (Å²) in [6.45, 7) is 12.4. The smallest absolute Gasteiger partial charge is 0.307 e. The predicted octanol–water partition coefficient (Wildman–Crippen LogP) is 4.44. The lowest BCUT2D eigenvalue weighted by atomic mass is 9.66. The van der Waals surface area contributed by atoms with E-state index < -0.39 is 12.1 Å². The molecule has 0 saturated carbocycles. The summed E-state index contributed by atoms with van der Waals surface area (Å²) in [5.41, 5.74) is 2.39. The zero-order valence-electron chi connectivity index (χ0n) is 20.6. The Kier molecular flexibility index (Phi) is 6.29. The number of nitrogens with zero attached hydrogens (tertiary/aromatic N) is 1. The number of benzene rings is 1. The summed E-state index contributed by atoms with van der Waals surface area (Å²) in [7, 11) is 0. The highest BCUT2D eigenvalue weighted by Crippen LogP contribution is 2.55. The lowest BCUT2D eigenvalue weighted by molar-refractivity contribution is -0.143. The van der Waals surface area contributed by atoms with Crippen LogP contribution in [0.5, 0.6) is 11.5 Å². The summed E-state index contributed by atoms with van der Waals surface area (Å²) in [4.78, 5) is 13.5. The van der Waals surface area contributed by atoms with Crippen molar-refractivity contribution in [3.8, 4) is 11.5 Å². The Bertz CT molecular complexity index is 945. The van der Waals surface area contributed by atoms with Gasteiger partial charge in [0, 0.05) is 30.5 Å². The number of phenols is 1. The third kappa shape index (κ3) is 4.78. The molecule has 1 aromatic rings. The number of rotatable bonds is 4. The molecular weight excluding hydrogens is 418 g/mol. The molecule has 4 atom stereocenters. The van der Waals surface area contributed by atoms with Gasteiger partial charge < -0.3 is 20.1 Å². The Morgan fingerprint density at radius 2 is 2.03 bits per heavy atom. The number of ether oxygens (including phenoxy) is 1. The number of likely N-dealkylation sites (tertiary alicyclic amines) is 1. The molecule has 1 unspecified atom stereocenters. The maximum Gasteiger partial charge on any atom is 0.307 e. The van der Waals surface area contributed by atoms with Crippen LogP contribution in [-0.2, 0) is 10.2 Å². The van der Waals surface area contributed by atoms with Gasteiger partial charge in [0.1, 0.15) is 17.1 Å². The van der Waals surface area contributed by atoms with Crippen LogP contribution in [-0.4, -0.2) is 57.5 Å². The minimum absolute atomic E-state index is 0.0699. The summed E-state index contributed by atoms with van der Waals surface area (Å²) in [6.07, 6.45) is 4.50. The molecule has 1 aromatic carbocycles. The second-order valence-electron chi connectivity index (χ2n) is 11.7. The molecule has 0 aromatic heterocycles. The van der Waals surface area contributed by atoms with Crippen molar-refractivity contribution >= 4 is 5.97 Å². The Morgan fingerprint density at radius 3 is 2.70 bits per heavy atom. The van der Waals surface area contributed by atoms with Crippen LogP contribution in [0.3, 0.4) is 0 Å². The summed E-state index contributed by atoms with van der Waals surface area (Å²) in [5.74, 6) is 0.202. The van der Waals surface area contributed by atoms with Gasteiger partial charge in [-0.25, -0.2) is 0 Å². The summed E-state index contributed by atoms with van der Waals surface area (Å²) in [6, 6.07) is 3.94. The molecule has 0 radical (unpaired) electrons. The highest BCUT2D eigenvalue weighted by molar-refractivity contribution is 5.70. The van der Waals surface area contributed by atoms with Gasteiger partial charge in [-0.2, -0.15) is 0 Å². The number of hydrogen-bond donors (Lipinski definition) is 3. The minimum Gasteiger partial charge on any atom is -0.508 e.